The lowest BCUT2D eigenvalue weighted by atomic mass is 10.2. The van der Waals surface area contributed by atoms with Crippen LogP contribution in [0.4, 0.5) is 0 Å². The van der Waals surface area contributed by atoms with Gasteiger partial charge in [0.05, 0.1) is 17.6 Å². The van der Waals surface area contributed by atoms with Crippen molar-refractivity contribution < 1.29 is 14.3 Å². The number of amides is 1. The minimum absolute atomic E-state index is 0.0711. The van der Waals surface area contributed by atoms with Crippen molar-refractivity contribution in [1.82, 2.24) is 20.4 Å². The van der Waals surface area contributed by atoms with E-state index in [2.05, 4.69) is 22.8 Å². The molecule has 0 radical (unpaired) electrons. The van der Waals surface area contributed by atoms with Crippen molar-refractivity contribution in [2.24, 2.45) is 0 Å². The molecule has 8 nitrogen and oxygen atoms in total. The Morgan fingerprint density at radius 2 is 2.11 bits per heavy atom. The zero-order chi connectivity index (χ0) is 19.6. The number of aromatic nitrogens is 2. The fraction of sp³-hybridized carbons (Fsp3) is 0.368. The van der Waals surface area contributed by atoms with Crippen molar-refractivity contribution in [2.45, 2.75) is 39.7 Å². The molecule has 0 aliphatic heterocycles. The number of aryl methyl sites for hydroxylation is 1. The zero-order valence-corrected chi connectivity index (χ0v) is 15.5. The second-order valence-corrected chi connectivity index (χ2v) is 5.79. The van der Waals surface area contributed by atoms with Gasteiger partial charge in [-0.3, -0.25) is 10.2 Å². The Bertz CT molecular complexity index is 879. The quantitative estimate of drug-likeness (QED) is 0.303. The first kappa shape index (κ1) is 20.0. The summed E-state index contributed by atoms with van der Waals surface area (Å²) >= 11 is 0. The van der Waals surface area contributed by atoms with Gasteiger partial charge in [-0.05, 0) is 25.5 Å². The number of rotatable bonds is 9. The summed E-state index contributed by atoms with van der Waals surface area (Å²) in [5.74, 6) is -0.217. The Morgan fingerprint density at radius 1 is 1.33 bits per heavy atom. The summed E-state index contributed by atoms with van der Waals surface area (Å²) in [6.45, 7) is 3.99. The molecule has 0 bridgehead atoms. The minimum atomic E-state index is -0.746. The summed E-state index contributed by atoms with van der Waals surface area (Å²) in [4.78, 5) is 28.4. The van der Waals surface area contributed by atoms with Gasteiger partial charge in [-0.1, -0.05) is 25.5 Å². The summed E-state index contributed by atoms with van der Waals surface area (Å²) in [6.07, 6.45) is 3.91. The molecule has 27 heavy (non-hydrogen) atoms. The van der Waals surface area contributed by atoms with Crippen LogP contribution < -0.4 is 10.9 Å². The third-order valence-electron chi connectivity index (χ3n) is 3.83. The molecule has 1 amide bonds. The Morgan fingerprint density at radius 3 is 2.81 bits per heavy atom. The predicted molar refractivity (Wildman–Crippen MR) is 100.0 cm³/mol. The van der Waals surface area contributed by atoms with Gasteiger partial charge in [-0.25, -0.2) is 9.78 Å². The molecule has 0 saturated heterocycles. The van der Waals surface area contributed by atoms with Crippen LogP contribution in [0.15, 0.2) is 36.0 Å². The van der Waals surface area contributed by atoms with E-state index in [0.717, 1.165) is 42.3 Å². The molecular weight excluding hydrogens is 346 g/mol. The zero-order valence-electron chi connectivity index (χ0n) is 15.5. The van der Waals surface area contributed by atoms with E-state index in [9.17, 15) is 9.59 Å². The minimum Gasteiger partial charge on any atom is -0.462 e. The molecule has 2 rings (SSSR count). The van der Waals surface area contributed by atoms with Gasteiger partial charge in [-0.15, -0.1) is 0 Å². The summed E-state index contributed by atoms with van der Waals surface area (Å²) in [6, 6.07) is 9.37. The summed E-state index contributed by atoms with van der Waals surface area (Å²) < 4.78 is 6.62. The molecule has 0 unspecified atom stereocenters. The number of carbonyl (C=O) groups is 2. The standard InChI is InChI=1S/C19H23N5O3/c1-3-5-10-17-22-15-8-6-7-9-16(15)24(17)13-18(25)23-21-12-14(11-20)19(26)27-4-2/h6-9,12,21H,3-5,10,13H2,1-2H3,(H,23,25)/b14-12+. The van der Waals surface area contributed by atoms with Gasteiger partial charge >= 0.3 is 5.97 Å². The number of nitrogens with one attached hydrogen (secondary N) is 2. The van der Waals surface area contributed by atoms with Gasteiger partial charge in [0, 0.05) is 12.6 Å². The van der Waals surface area contributed by atoms with Crippen LogP contribution in [0.1, 0.15) is 32.5 Å². The lowest BCUT2D eigenvalue weighted by Gasteiger charge is -2.10. The smallest absolute Gasteiger partial charge is 0.350 e. The predicted octanol–water partition coefficient (Wildman–Crippen LogP) is 1.97. The number of esters is 1. The third-order valence-corrected chi connectivity index (χ3v) is 3.83. The van der Waals surface area contributed by atoms with E-state index in [-0.39, 0.29) is 24.6 Å². The maximum Gasteiger partial charge on any atom is 0.350 e. The van der Waals surface area contributed by atoms with Crippen molar-refractivity contribution in [3.63, 3.8) is 0 Å². The van der Waals surface area contributed by atoms with E-state index in [4.69, 9.17) is 10.00 Å². The number of hydrazine groups is 1. The Hall–Kier alpha value is -3.34. The molecule has 2 aromatic rings. The number of carbonyl (C=O) groups excluding carboxylic acids is 2. The van der Waals surface area contributed by atoms with Gasteiger partial charge in [0.1, 0.15) is 18.4 Å². The number of ether oxygens (including phenoxy) is 1. The monoisotopic (exact) mass is 369 g/mol. The largest absolute Gasteiger partial charge is 0.462 e. The highest BCUT2D eigenvalue weighted by molar-refractivity contribution is 5.92. The van der Waals surface area contributed by atoms with Crippen molar-refractivity contribution in [1.29, 1.82) is 5.26 Å². The molecule has 0 spiro atoms. The molecule has 0 saturated carbocycles. The van der Waals surface area contributed by atoms with Crippen LogP contribution in [-0.2, 0) is 27.3 Å². The van der Waals surface area contributed by atoms with Gasteiger partial charge in [0.25, 0.3) is 5.91 Å². The molecule has 1 aromatic heterocycles. The maximum absolute atomic E-state index is 12.3. The Labute approximate surface area is 157 Å². The number of nitrogens with zero attached hydrogens (tertiary/aromatic N) is 3. The van der Waals surface area contributed by atoms with Crippen molar-refractivity contribution >= 4 is 22.9 Å². The normalized spacial score (nSPS) is 11.1. The van der Waals surface area contributed by atoms with E-state index in [1.807, 2.05) is 28.8 Å². The molecule has 142 valence electrons. The molecule has 8 heteroatoms. The number of benzene rings is 1. The fourth-order valence-corrected chi connectivity index (χ4v) is 2.55. The maximum atomic E-state index is 12.3. The SMILES string of the molecule is CCCCc1nc2ccccc2n1CC(=O)NN/C=C(\C#N)C(=O)OCC. The first-order valence-corrected chi connectivity index (χ1v) is 8.86. The van der Waals surface area contributed by atoms with Crippen LogP contribution in [-0.4, -0.2) is 28.0 Å². The number of fused-ring (bicyclic) bond motifs is 1. The molecular formula is C19H23N5O3. The number of para-hydroxylation sites is 2. The molecule has 0 fully saturated rings. The van der Waals surface area contributed by atoms with Crippen molar-refractivity contribution in [3.8, 4) is 6.07 Å². The highest BCUT2D eigenvalue weighted by Gasteiger charge is 2.13. The van der Waals surface area contributed by atoms with Crippen molar-refractivity contribution in [3.05, 3.63) is 41.9 Å². The first-order chi connectivity index (χ1) is 13.1. The van der Waals surface area contributed by atoms with Gasteiger partial charge in [0.2, 0.25) is 0 Å². The lowest BCUT2D eigenvalue weighted by molar-refractivity contribution is -0.138. The van der Waals surface area contributed by atoms with E-state index in [1.54, 1.807) is 13.0 Å². The van der Waals surface area contributed by atoms with Gasteiger partial charge < -0.3 is 14.7 Å². The van der Waals surface area contributed by atoms with E-state index in [1.165, 1.54) is 0 Å². The van der Waals surface area contributed by atoms with Crippen molar-refractivity contribution in [2.75, 3.05) is 6.61 Å². The Balaban J connectivity index is 2.07. The van der Waals surface area contributed by atoms with Crippen LogP contribution in [0, 0.1) is 11.3 Å². The highest BCUT2D eigenvalue weighted by Crippen LogP contribution is 2.17. The summed E-state index contributed by atoms with van der Waals surface area (Å²) in [7, 11) is 0. The molecule has 2 N–H and O–H groups in total. The third kappa shape index (κ3) is 5.31. The number of imidazole rings is 1. The van der Waals surface area contributed by atoms with Crippen LogP contribution in [0.25, 0.3) is 11.0 Å². The van der Waals surface area contributed by atoms with E-state index >= 15 is 0 Å². The first-order valence-electron chi connectivity index (χ1n) is 8.86. The molecule has 0 atom stereocenters. The number of hydrogen-bond donors (Lipinski definition) is 2. The number of unbranched alkanes of at least 4 members (excludes halogenated alkanes) is 1. The molecule has 1 heterocycles. The summed E-state index contributed by atoms with van der Waals surface area (Å²) in [5, 5.41) is 8.95. The number of hydrogen-bond acceptors (Lipinski definition) is 6. The van der Waals surface area contributed by atoms with Crippen LogP contribution in [0.5, 0.6) is 0 Å². The van der Waals surface area contributed by atoms with Crippen LogP contribution >= 0.6 is 0 Å². The van der Waals surface area contributed by atoms with Gasteiger partial charge in [0.15, 0.2) is 5.57 Å². The average molecular weight is 369 g/mol. The lowest BCUT2D eigenvalue weighted by Crippen LogP contribution is -2.37. The number of nitriles is 1. The van der Waals surface area contributed by atoms with E-state index < -0.39 is 5.97 Å². The fourth-order valence-electron chi connectivity index (χ4n) is 2.55. The van der Waals surface area contributed by atoms with Gasteiger partial charge in [-0.2, -0.15) is 5.26 Å². The second kappa shape index (κ2) is 9.97. The molecule has 1 aromatic carbocycles. The topological polar surface area (TPSA) is 109 Å². The Kier molecular flexibility index (Phi) is 7.37. The molecule has 0 aliphatic rings. The van der Waals surface area contributed by atoms with E-state index in [0.29, 0.717) is 0 Å². The second-order valence-electron chi connectivity index (χ2n) is 5.79. The highest BCUT2D eigenvalue weighted by atomic mass is 16.5. The summed E-state index contributed by atoms with van der Waals surface area (Å²) in [5.41, 5.74) is 6.44. The van der Waals surface area contributed by atoms with Crippen LogP contribution in [0.3, 0.4) is 0 Å². The van der Waals surface area contributed by atoms with Crippen LogP contribution in [0.2, 0.25) is 0 Å². The average Bonchev–Trinajstić information content (AvgIpc) is 3.01. The molecule has 0 aliphatic carbocycles.